The normalized spacial score (nSPS) is 11.5. The molecule has 0 aliphatic heterocycles. The number of hydrogen-bond acceptors (Lipinski definition) is 3. The summed E-state index contributed by atoms with van der Waals surface area (Å²) in [6.45, 7) is 4.67. The van der Waals surface area contributed by atoms with Gasteiger partial charge in [0.1, 0.15) is 0 Å². The molecule has 0 heterocycles. The van der Waals surface area contributed by atoms with Crippen LogP contribution in [0.2, 0.25) is 5.02 Å². The third kappa shape index (κ3) is 3.61. The van der Waals surface area contributed by atoms with Crippen LogP contribution in [0.15, 0.2) is 18.2 Å². The molecule has 0 fully saturated rings. The Bertz CT molecular complexity index is 339. The first-order chi connectivity index (χ1) is 6.94. The molecular weight excluding hydrogens is 212 g/mol. The lowest BCUT2D eigenvalue weighted by molar-refractivity contribution is 0.158. The Kier molecular flexibility index (Phi) is 3.83. The van der Waals surface area contributed by atoms with Crippen molar-refractivity contribution in [2.24, 2.45) is 0 Å². The molecule has 15 heavy (non-hydrogen) atoms. The first kappa shape index (κ1) is 12.1. The molecule has 0 aliphatic rings. The molecule has 3 nitrogen and oxygen atoms in total. The molecule has 0 spiro atoms. The van der Waals surface area contributed by atoms with Crippen LogP contribution in [0, 0.1) is 0 Å². The fraction of sp³-hybridized carbons (Fsp3) is 0.455. The van der Waals surface area contributed by atoms with Gasteiger partial charge >= 0.3 is 0 Å². The Morgan fingerprint density at radius 3 is 2.73 bits per heavy atom. The summed E-state index contributed by atoms with van der Waals surface area (Å²) >= 11 is 5.90. The van der Waals surface area contributed by atoms with Crippen molar-refractivity contribution in [1.82, 2.24) is 0 Å². The van der Waals surface area contributed by atoms with E-state index in [0.717, 1.165) is 5.69 Å². The van der Waals surface area contributed by atoms with Crippen LogP contribution in [0.5, 0.6) is 0 Å². The highest BCUT2D eigenvalue weighted by Crippen LogP contribution is 2.25. The largest absolute Gasteiger partial charge is 0.397 e. The summed E-state index contributed by atoms with van der Waals surface area (Å²) in [6.07, 6.45) is 0. The zero-order valence-corrected chi connectivity index (χ0v) is 10.1. The van der Waals surface area contributed by atoms with E-state index in [-0.39, 0.29) is 5.54 Å². The number of nitrogens with two attached hydrogens (primary N) is 1. The van der Waals surface area contributed by atoms with E-state index < -0.39 is 0 Å². The van der Waals surface area contributed by atoms with Crippen molar-refractivity contribution in [2.45, 2.75) is 19.4 Å². The lowest BCUT2D eigenvalue weighted by Gasteiger charge is -2.27. The number of ether oxygens (including phenoxy) is 1. The SMILES string of the molecule is COCC(C)(C)Nc1cc(Cl)ccc1N. The summed E-state index contributed by atoms with van der Waals surface area (Å²) < 4.78 is 5.11. The summed E-state index contributed by atoms with van der Waals surface area (Å²) in [5, 5.41) is 3.96. The number of nitrogen functional groups attached to an aromatic ring is 1. The average molecular weight is 229 g/mol. The number of anilines is 2. The monoisotopic (exact) mass is 228 g/mol. The van der Waals surface area contributed by atoms with E-state index in [4.69, 9.17) is 22.1 Å². The smallest absolute Gasteiger partial charge is 0.0687 e. The predicted octanol–water partition coefficient (Wildman–Crippen LogP) is 2.76. The molecule has 3 N–H and O–H groups in total. The van der Waals surface area contributed by atoms with Crippen LogP contribution in [-0.2, 0) is 4.74 Å². The van der Waals surface area contributed by atoms with Gasteiger partial charge in [-0.25, -0.2) is 0 Å². The third-order valence-electron chi connectivity index (χ3n) is 1.99. The van der Waals surface area contributed by atoms with Crippen molar-refractivity contribution in [3.63, 3.8) is 0 Å². The Balaban J connectivity index is 2.83. The van der Waals surface area contributed by atoms with Gasteiger partial charge in [-0.1, -0.05) is 11.6 Å². The molecule has 0 radical (unpaired) electrons. The first-order valence-corrected chi connectivity index (χ1v) is 5.14. The van der Waals surface area contributed by atoms with Crippen LogP contribution in [-0.4, -0.2) is 19.3 Å². The highest BCUT2D eigenvalue weighted by Gasteiger charge is 2.18. The van der Waals surface area contributed by atoms with Gasteiger partial charge in [0.15, 0.2) is 0 Å². The van der Waals surface area contributed by atoms with Gasteiger partial charge in [0.2, 0.25) is 0 Å². The lowest BCUT2D eigenvalue weighted by Crippen LogP contribution is -2.36. The molecule has 1 aromatic carbocycles. The van der Waals surface area contributed by atoms with Crippen LogP contribution in [0.1, 0.15) is 13.8 Å². The molecule has 0 amide bonds. The Labute approximate surface area is 95.6 Å². The zero-order valence-electron chi connectivity index (χ0n) is 9.30. The van der Waals surface area contributed by atoms with Crippen LogP contribution < -0.4 is 11.1 Å². The number of hydrogen-bond donors (Lipinski definition) is 2. The van der Waals surface area contributed by atoms with Gasteiger partial charge in [0.05, 0.1) is 23.5 Å². The number of rotatable bonds is 4. The van der Waals surface area contributed by atoms with Crippen LogP contribution in [0.4, 0.5) is 11.4 Å². The van der Waals surface area contributed by atoms with E-state index in [9.17, 15) is 0 Å². The van der Waals surface area contributed by atoms with E-state index in [1.807, 2.05) is 19.9 Å². The quantitative estimate of drug-likeness (QED) is 0.780. The number of methoxy groups -OCH3 is 1. The molecule has 0 saturated carbocycles. The molecule has 1 rings (SSSR count). The standard InChI is InChI=1S/C11H17ClN2O/c1-11(2,7-15-3)14-10-6-8(12)4-5-9(10)13/h4-6,14H,7,13H2,1-3H3. The molecule has 0 aromatic heterocycles. The second kappa shape index (κ2) is 4.73. The Morgan fingerprint density at radius 1 is 1.47 bits per heavy atom. The Hall–Kier alpha value is -0.930. The first-order valence-electron chi connectivity index (χ1n) is 4.77. The Morgan fingerprint density at radius 2 is 2.13 bits per heavy atom. The lowest BCUT2D eigenvalue weighted by atomic mass is 10.1. The van der Waals surface area contributed by atoms with E-state index in [1.165, 1.54) is 0 Å². The molecular formula is C11H17ClN2O. The zero-order chi connectivity index (χ0) is 11.5. The second-order valence-electron chi connectivity index (χ2n) is 4.17. The van der Waals surface area contributed by atoms with Gasteiger partial charge in [0.25, 0.3) is 0 Å². The van der Waals surface area contributed by atoms with Crippen LogP contribution in [0.3, 0.4) is 0 Å². The van der Waals surface area contributed by atoms with E-state index in [2.05, 4.69) is 5.32 Å². The van der Waals surface area contributed by atoms with Crippen molar-refractivity contribution >= 4 is 23.0 Å². The van der Waals surface area contributed by atoms with E-state index in [1.54, 1.807) is 19.2 Å². The highest BCUT2D eigenvalue weighted by atomic mass is 35.5. The predicted molar refractivity (Wildman–Crippen MR) is 65.4 cm³/mol. The summed E-state index contributed by atoms with van der Waals surface area (Å²) in [6, 6.07) is 5.37. The molecule has 84 valence electrons. The van der Waals surface area contributed by atoms with Gasteiger partial charge in [0, 0.05) is 12.1 Å². The average Bonchev–Trinajstić information content (AvgIpc) is 2.10. The minimum absolute atomic E-state index is 0.173. The molecule has 0 saturated heterocycles. The fourth-order valence-electron chi connectivity index (χ4n) is 1.40. The maximum Gasteiger partial charge on any atom is 0.0687 e. The van der Waals surface area contributed by atoms with Gasteiger partial charge in [-0.15, -0.1) is 0 Å². The molecule has 0 aliphatic carbocycles. The molecule has 0 unspecified atom stereocenters. The van der Waals surface area contributed by atoms with E-state index in [0.29, 0.717) is 17.3 Å². The van der Waals surface area contributed by atoms with E-state index >= 15 is 0 Å². The maximum absolute atomic E-state index is 5.90. The van der Waals surface area contributed by atoms with Gasteiger partial charge in [-0.3, -0.25) is 0 Å². The van der Waals surface area contributed by atoms with Crippen molar-refractivity contribution in [1.29, 1.82) is 0 Å². The van der Waals surface area contributed by atoms with Crippen molar-refractivity contribution in [3.8, 4) is 0 Å². The molecule has 0 atom stereocenters. The summed E-state index contributed by atoms with van der Waals surface area (Å²) in [4.78, 5) is 0. The molecule has 4 heteroatoms. The van der Waals surface area contributed by atoms with Gasteiger partial charge in [-0.2, -0.15) is 0 Å². The van der Waals surface area contributed by atoms with Crippen LogP contribution in [0.25, 0.3) is 0 Å². The van der Waals surface area contributed by atoms with Crippen molar-refractivity contribution in [3.05, 3.63) is 23.2 Å². The number of nitrogens with one attached hydrogen (secondary N) is 1. The summed E-state index contributed by atoms with van der Waals surface area (Å²) in [7, 11) is 1.67. The van der Waals surface area contributed by atoms with Crippen molar-refractivity contribution in [2.75, 3.05) is 24.8 Å². The van der Waals surface area contributed by atoms with Gasteiger partial charge < -0.3 is 15.8 Å². The minimum Gasteiger partial charge on any atom is -0.397 e. The molecule has 0 bridgehead atoms. The highest BCUT2D eigenvalue weighted by molar-refractivity contribution is 6.31. The molecule has 1 aromatic rings. The minimum atomic E-state index is -0.173. The topological polar surface area (TPSA) is 47.3 Å². The van der Waals surface area contributed by atoms with Crippen molar-refractivity contribution < 1.29 is 4.74 Å². The third-order valence-corrected chi connectivity index (χ3v) is 2.23. The van der Waals surface area contributed by atoms with Crippen LogP contribution >= 0.6 is 11.6 Å². The fourth-order valence-corrected chi connectivity index (χ4v) is 1.57. The summed E-state index contributed by atoms with van der Waals surface area (Å²) in [5.41, 5.74) is 7.18. The number of halogens is 1. The number of benzene rings is 1. The second-order valence-corrected chi connectivity index (χ2v) is 4.61. The summed E-state index contributed by atoms with van der Waals surface area (Å²) in [5.74, 6) is 0. The van der Waals surface area contributed by atoms with Gasteiger partial charge in [-0.05, 0) is 32.0 Å². The maximum atomic E-state index is 5.90.